The van der Waals surface area contributed by atoms with Crippen molar-refractivity contribution in [2.45, 2.75) is 29.4 Å². The Bertz CT molecular complexity index is 1030. The number of para-hydroxylation sites is 1. The number of hydrogen-bond acceptors (Lipinski definition) is 6. The van der Waals surface area contributed by atoms with Crippen LogP contribution in [0.3, 0.4) is 0 Å². The summed E-state index contributed by atoms with van der Waals surface area (Å²) in [6.07, 6.45) is 2.91. The highest BCUT2D eigenvalue weighted by Gasteiger charge is 2.26. The third-order valence-corrected chi connectivity index (χ3v) is 7.30. The quantitative estimate of drug-likeness (QED) is 0.423. The number of thioether (sulfide) groups is 1. The van der Waals surface area contributed by atoms with Gasteiger partial charge in [0.1, 0.15) is 11.3 Å². The van der Waals surface area contributed by atoms with Crippen LogP contribution in [0.25, 0.3) is 11.1 Å². The summed E-state index contributed by atoms with van der Waals surface area (Å²) in [5, 5.41) is 0.513. The summed E-state index contributed by atoms with van der Waals surface area (Å²) < 4.78 is 38.6. The Morgan fingerprint density at radius 1 is 1.07 bits per heavy atom. The van der Waals surface area contributed by atoms with Crippen molar-refractivity contribution in [1.82, 2.24) is 9.29 Å². The molecular formula is C20H22N2O4S2. The van der Waals surface area contributed by atoms with E-state index in [1.54, 1.807) is 22.5 Å². The van der Waals surface area contributed by atoms with Gasteiger partial charge in [-0.2, -0.15) is 4.31 Å². The lowest BCUT2D eigenvalue weighted by Gasteiger charge is -2.25. The van der Waals surface area contributed by atoms with Gasteiger partial charge in [-0.25, -0.2) is 13.4 Å². The summed E-state index contributed by atoms with van der Waals surface area (Å²) in [6.45, 7) is 1.70. The molecule has 8 heteroatoms. The molecule has 4 rings (SSSR count). The van der Waals surface area contributed by atoms with Crippen LogP contribution < -0.4 is 4.74 Å². The van der Waals surface area contributed by atoms with Crippen molar-refractivity contribution in [1.29, 1.82) is 0 Å². The number of ether oxygens (including phenoxy) is 1. The lowest BCUT2D eigenvalue weighted by Crippen LogP contribution is -2.35. The van der Waals surface area contributed by atoms with Crippen LogP contribution in [-0.4, -0.2) is 43.2 Å². The maximum Gasteiger partial charge on any atom is 0.256 e. The molecule has 28 heavy (non-hydrogen) atoms. The number of nitrogens with zero attached hydrogens (tertiary/aromatic N) is 2. The molecule has 6 nitrogen and oxygen atoms in total. The minimum absolute atomic E-state index is 0.277. The maximum absolute atomic E-state index is 12.8. The molecule has 3 aromatic rings. The van der Waals surface area contributed by atoms with Gasteiger partial charge in [-0.3, -0.25) is 0 Å². The minimum atomic E-state index is -3.47. The minimum Gasteiger partial charge on any atom is -0.493 e. The van der Waals surface area contributed by atoms with Gasteiger partial charge in [0.2, 0.25) is 10.0 Å². The molecule has 1 aliphatic heterocycles. The smallest absolute Gasteiger partial charge is 0.256 e. The van der Waals surface area contributed by atoms with Crippen molar-refractivity contribution in [2.24, 2.45) is 0 Å². The zero-order valence-corrected chi connectivity index (χ0v) is 17.0. The van der Waals surface area contributed by atoms with Crippen LogP contribution in [0, 0.1) is 0 Å². The van der Waals surface area contributed by atoms with Gasteiger partial charge in [0, 0.05) is 18.8 Å². The molecule has 1 fully saturated rings. The number of benzene rings is 2. The fourth-order valence-corrected chi connectivity index (χ4v) is 5.36. The molecule has 148 valence electrons. The lowest BCUT2D eigenvalue weighted by atomic mass is 10.2. The normalized spacial score (nSPS) is 15.7. The van der Waals surface area contributed by atoms with Gasteiger partial charge in [0.15, 0.2) is 5.58 Å². The highest BCUT2D eigenvalue weighted by Crippen LogP contribution is 2.27. The van der Waals surface area contributed by atoms with Crippen molar-refractivity contribution < 1.29 is 17.6 Å². The Hall–Kier alpha value is -2.03. The van der Waals surface area contributed by atoms with E-state index in [2.05, 4.69) is 4.98 Å². The molecule has 2 aromatic carbocycles. The highest BCUT2D eigenvalue weighted by atomic mass is 32.2. The van der Waals surface area contributed by atoms with Crippen LogP contribution >= 0.6 is 11.8 Å². The fraction of sp³-hybridized carbons (Fsp3) is 0.350. The van der Waals surface area contributed by atoms with E-state index in [-0.39, 0.29) is 4.90 Å². The number of rotatable bonds is 7. The van der Waals surface area contributed by atoms with E-state index in [1.165, 1.54) is 11.8 Å². The number of aromatic nitrogens is 1. The van der Waals surface area contributed by atoms with Crippen molar-refractivity contribution >= 4 is 32.9 Å². The Morgan fingerprint density at radius 2 is 1.86 bits per heavy atom. The number of oxazole rings is 1. The Morgan fingerprint density at radius 3 is 2.64 bits per heavy atom. The van der Waals surface area contributed by atoms with E-state index in [0.717, 1.165) is 25.0 Å². The molecular weight excluding hydrogens is 396 g/mol. The predicted octanol–water partition coefficient (Wildman–Crippen LogP) is 4.17. The number of sulfonamides is 1. The zero-order valence-electron chi connectivity index (χ0n) is 15.4. The van der Waals surface area contributed by atoms with Gasteiger partial charge < -0.3 is 9.15 Å². The van der Waals surface area contributed by atoms with Gasteiger partial charge in [0.25, 0.3) is 5.22 Å². The maximum atomic E-state index is 12.8. The molecule has 0 unspecified atom stereocenters. The van der Waals surface area contributed by atoms with Crippen LogP contribution in [0.5, 0.6) is 5.75 Å². The van der Waals surface area contributed by atoms with Crippen LogP contribution in [0.15, 0.2) is 63.1 Å². The first kappa shape index (κ1) is 19.3. The van der Waals surface area contributed by atoms with Crippen LogP contribution in [0.4, 0.5) is 0 Å². The second-order valence-corrected chi connectivity index (χ2v) is 9.57. The Balaban J connectivity index is 1.41. The van der Waals surface area contributed by atoms with Gasteiger partial charge in [-0.1, -0.05) is 36.4 Å². The summed E-state index contributed by atoms with van der Waals surface area (Å²) in [6, 6.07) is 14.5. The SMILES string of the molecule is O=S(=O)(c1ccc2oc(SCCOc3ccccc3)nc2c1)N1CCCCC1. The Labute approximate surface area is 168 Å². The zero-order chi connectivity index (χ0) is 19.4. The Kier molecular flexibility index (Phi) is 5.89. The van der Waals surface area contributed by atoms with Crippen molar-refractivity contribution in [2.75, 3.05) is 25.4 Å². The number of fused-ring (bicyclic) bond motifs is 1. The second kappa shape index (κ2) is 8.55. The number of hydrogen-bond donors (Lipinski definition) is 0. The summed E-state index contributed by atoms with van der Waals surface area (Å²) in [7, 11) is -3.47. The summed E-state index contributed by atoms with van der Waals surface area (Å²) in [5.41, 5.74) is 1.15. The summed E-state index contributed by atoms with van der Waals surface area (Å²) in [5.74, 6) is 1.51. The molecule has 1 aromatic heterocycles. The highest BCUT2D eigenvalue weighted by molar-refractivity contribution is 7.99. The summed E-state index contributed by atoms with van der Waals surface area (Å²) in [4.78, 5) is 4.71. The molecule has 0 saturated carbocycles. The van der Waals surface area contributed by atoms with Crippen molar-refractivity contribution in [3.63, 3.8) is 0 Å². The fourth-order valence-electron chi connectivity index (χ4n) is 3.17. The third kappa shape index (κ3) is 4.34. The number of piperidine rings is 1. The van der Waals surface area contributed by atoms with Crippen molar-refractivity contribution in [3.8, 4) is 5.75 Å². The van der Waals surface area contributed by atoms with Gasteiger partial charge in [0.05, 0.1) is 11.5 Å². The van der Waals surface area contributed by atoms with Crippen LogP contribution in [0.2, 0.25) is 0 Å². The van der Waals surface area contributed by atoms with Crippen LogP contribution in [-0.2, 0) is 10.0 Å². The first-order valence-corrected chi connectivity index (χ1v) is 11.8. The monoisotopic (exact) mass is 418 g/mol. The molecule has 0 radical (unpaired) electrons. The van der Waals surface area contributed by atoms with Crippen molar-refractivity contribution in [3.05, 3.63) is 48.5 Å². The molecule has 0 amide bonds. The molecule has 2 heterocycles. The van der Waals surface area contributed by atoms with Gasteiger partial charge >= 0.3 is 0 Å². The largest absolute Gasteiger partial charge is 0.493 e. The van der Waals surface area contributed by atoms with Gasteiger partial charge in [-0.05, 0) is 43.2 Å². The van der Waals surface area contributed by atoms with E-state index >= 15 is 0 Å². The van der Waals surface area contributed by atoms with E-state index in [4.69, 9.17) is 9.15 Å². The molecule has 1 aliphatic rings. The summed E-state index contributed by atoms with van der Waals surface area (Å²) >= 11 is 1.44. The van der Waals surface area contributed by atoms with E-state index in [0.29, 0.717) is 41.8 Å². The molecule has 0 aliphatic carbocycles. The average molecular weight is 419 g/mol. The second-order valence-electron chi connectivity index (χ2n) is 6.58. The topological polar surface area (TPSA) is 72.6 Å². The molecule has 0 N–H and O–H groups in total. The molecule has 0 atom stereocenters. The molecule has 0 spiro atoms. The predicted molar refractivity (Wildman–Crippen MR) is 109 cm³/mol. The third-order valence-electron chi connectivity index (χ3n) is 4.61. The average Bonchev–Trinajstić information content (AvgIpc) is 3.15. The standard InChI is InChI=1S/C20H22N2O4S2/c23-28(24,22-11-5-2-6-12-22)17-9-10-19-18(15-17)21-20(26-19)27-14-13-25-16-7-3-1-4-8-16/h1,3-4,7-10,15H,2,5-6,11-14H2. The first-order chi connectivity index (χ1) is 13.6. The van der Waals surface area contributed by atoms with E-state index in [1.807, 2.05) is 30.3 Å². The van der Waals surface area contributed by atoms with E-state index in [9.17, 15) is 8.42 Å². The van der Waals surface area contributed by atoms with Gasteiger partial charge in [-0.15, -0.1) is 0 Å². The van der Waals surface area contributed by atoms with Crippen LogP contribution in [0.1, 0.15) is 19.3 Å². The lowest BCUT2D eigenvalue weighted by molar-refractivity contribution is 0.343. The molecule has 1 saturated heterocycles. The first-order valence-electron chi connectivity index (χ1n) is 9.34. The van der Waals surface area contributed by atoms with E-state index < -0.39 is 10.0 Å². The molecule has 0 bridgehead atoms.